The first-order chi connectivity index (χ1) is 37.5. The number of ether oxygens (including phenoxy) is 12. The molecule has 14 heteroatoms. The molecule has 0 aromatic heterocycles. The minimum Gasteiger partial charge on any atom is -0.460 e. The highest BCUT2D eigenvalue weighted by Crippen LogP contribution is 2.35. The van der Waals surface area contributed by atoms with E-state index in [2.05, 4.69) is 55.4 Å². The highest BCUT2D eigenvalue weighted by atomic mass is 16.8. The van der Waals surface area contributed by atoms with Crippen LogP contribution in [0.4, 0.5) is 0 Å². The Morgan fingerprint density at radius 2 is 0.468 bits per heavy atom. The molecule has 0 saturated heterocycles. The van der Waals surface area contributed by atoms with E-state index < -0.39 is 23.1 Å². The summed E-state index contributed by atoms with van der Waals surface area (Å²) in [7, 11) is 0. The molecule has 14 nitrogen and oxygen atoms in total. The second-order valence-electron chi connectivity index (χ2n) is 21.3. The third-order valence-electron chi connectivity index (χ3n) is 13.7. The molecule has 0 aliphatic heterocycles. The number of hydrogen-bond donors (Lipinski definition) is 0. The van der Waals surface area contributed by atoms with E-state index in [1.807, 2.05) is 13.8 Å². The zero-order valence-electron chi connectivity index (χ0n) is 51.9. The monoisotopic (exact) mass is 1100 g/mol. The van der Waals surface area contributed by atoms with Crippen molar-refractivity contribution in [2.45, 2.75) is 304 Å². The normalized spacial score (nSPS) is 12.5. The van der Waals surface area contributed by atoms with Gasteiger partial charge in [0.05, 0.1) is 65.7 Å². The van der Waals surface area contributed by atoms with Crippen LogP contribution in [0.2, 0.25) is 0 Å². The van der Waals surface area contributed by atoms with Crippen molar-refractivity contribution >= 4 is 11.9 Å². The van der Waals surface area contributed by atoms with Crippen LogP contribution < -0.4 is 0 Å². The first-order valence-electron chi connectivity index (χ1n) is 32.1. The number of hydrogen-bond acceptors (Lipinski definition) is 14. The van der Waals surface area contributed by atoms with Gasteiger partial charge in [-0.15, -0.1) is 0 Å². The maximum Gasteiger partial charge on any atom is 0.305 e. The molecule has 0 rings (SSSR count). The highest BCUT2D eigenvalue weighted by molar-refractivity contribution is 5.69. The van der Waals surface area contributed by atoms with Gasteiger partial charge in [-0.05, 0) is 78.1 Å². The van der Waals surface area contributed by atoms with Crippen molar-refractivity contribution in [2.24, 2.45) is 0 Å². The molecule has 0 amide bonds. The molecule has 0 N–H and O–H groups in total. The zero-order chi connectivity index (χ0) is 56.9. The molecule has 460 valence electrons. The number of esters is 2. The number of carbonyl (C=O) groups is 2. The van der Waals surface area contributed by atoms with Crippen molar-refractivity contribution in [3.05, 3.63) is 0 Å². The van der Waals surface area contributed by atoms with Crippen molar-refractivity contribution in [3.63, 3.8) is 0 Å². The second-order valence-corrected chi connectivity index (χ2v) is 21.3. The predicted molar refractivity (Wildman–Crippen MR) is 311 cm³/mol. The maximum absolute atomic E-state index is 13.6. The van der Waals surface area contributed by atoms with Gasteiger partial charge in [-0.25, -0.2) is 0 Å². The average Bonchev–Trinajstić information content (AvgIpc) is 3.43. The van der Waals surface area contributed by atoms with Gasteiger partial charge in [0, 0.05) is 26.1 Å². The molecule has 0 fully saturated rings. The van der Waals surface area contributed by atoms with Gasteiger partial charge in [0.25, 0.3) is 0 Å². The third kappa shape index (κ3) is 40.4. The Balaban J connectivity index is 6.10. The predicted octanol–water partition coefficient (Wildman–Crippen LogP) is 16.1. The van der Waals surface area contributed by atoms with Crippen LogP contribution in [-0.2, 0) is 66.4 Å². The second kappa shape index (κ2) is 52.6. The number of rotatable bonds is 62. The molecule has 0 unspecified atom stereocenters. The van der Waals surface area contributed by atoms with Crippen molar-refractivity contribution in [1.29, 1.82) is 0 Å². The van der Waals surface area contributed by atoms with Crippen LogP contribution in [0.1, 0.15) is 281 Å². The van der Waals surface area contributed by atoms with Crippen LogP contribution in [0.5, 0.6) is 0 Å². The summed E-state index contributed by atoms with van der Waals surface area (Å²) in [5.74, 6) is -5.43. The Labute approximate surface area is 473 Å². The molecule has 0 aliphatic carbocycles. The van der Waals surface area contributed by atoms with Crippen molar-refractivity contribution in [1.82, 2.24) is 0 Å². The Hall–Kier alpha value is -1.46. The lowest BCUT2D eigenvalue weighted by Gasteiger charge is -2.42. The van der Waals surface area contributed by atoms with Gasteiger partial charge in [-0.1, -0.05) is 177 Å². The molecular formula is C63H124O14. The summed E-state index contributed by atoms with van der Waals surface area (Å²) in [6, 6.07) is 0. The fourth-order valence-corrected chi connectivity index (χ4v) is 8.92. The van der Waals surface area contributed by atoms with E-state index in [1.165, 1.54) is 0 Å². The molecule has 0 heterocycles. The van der Waals surface area contributed by atoms with Crippen molar-refractivity contribution < 1.29 is 66.4 Å². The minimum absolute atomic E-state index is 0.0724. The van der Waals surface area contributed by atoms with E-state index in [9.17, 15) is 9.59 Å². The third-order valence-corrected chi connectivity index (χ3v) is 13.7. The van der Waals surface area contributed by atoms with E-state index >= 15 is 0 Å². The standard InChI is InChI=1S/C63H124O14/c1-11-21-34-44-70-60(54-66-19-9,71-45-35-22-12-2)52-62(74-48-38-25-15-5,75-49-39-26-16-6)56-68-58(64)42-32-30-29-31-33-43-59(65)69-57-63(76-50-40-27-17-7,77-51-41-28-18-8)53-61(55-67-20-10,72-46-36-23-13-3)73-47-37-24-14-4/h11-57H2,1-10H3. The van der Waals surface area contributed by atoms with Gasteiger partial charge in [0.1, 0.15) is 26.4 Å². The van der Waals surface area contributed by atoms with Gasteiger partial charge in [0.15, 0.2) is 11.6 Å². The van der Waals surface area contributed by atoms with Crippen molar-refractivity contribution in [3.8, 4) is 0 Å². The lowest BCUT2D eigenvalue weighted by Crippen LogP contribution is -2.54. The summed E-state index contributed by atoms with van der Waals surface area (Å²) < 4.78 is 78.1. The van der Waals surface area contributed by atoms with E-state index in [4.69, 9.17) is 56.8 Å². The van der Waals surface area contributed by atoms with Crippen LogP contribution in [-0.4, -0.2) is 128 Å². The average molecular weight is 1110 g/mol. The molecule has 0 aromatic carbocycles. The van der Waals surface area contributed by atoms with E-state index in [0.717, 1.165) is 173 Å². The van der Waals surface area contributed by atoms with Crippen LogP contribution in [0.3, 0.4) is 0 Å². The van der Waals surface area contributed by atoms with Crippen LogP contribution in [0, 0.1) is 0 Å². The van der Waals surface area contributed by atoms with Gasteiger partial charge >= 0.3 is 11.9 Å². The quantitative estimate of drug-likeness (QED) is 0.0323. The zero-order valence-corrected chi connectivity index (χ0v) is 51.9. The molecule has 0 radical (unpaired) electrons. The summed E-state index contributed by atoms with van der Waals surface area (Å²) in [6.07, 6.45) is 28.5. The van der Waals surface area contributed by atoms with Gasteiger partial charge in [-0.3, -0.25) is 9.59 Å². The topological polar surface area (TPSA) is 145 Å². The smallest absolute Gasteiger partial charge is 0.305 e. The number of carbonyl (C=O) groups excluding carboxylic acids is 2. The SMILES string of the molecule is CCCCCOC(COCC)(CC(COC(=O)CCCCCCCC(=O)OCC(CC(COCC)(OCCCCC)OCCCCC)(OCCCCC)OCCCCC)(OCCCCC)OCCCCC)OCCCCC. The van der Waals surface area contributed by atoms with Crippen molar-refractivity contribution in [2.75, 3.05) is 92.5 Å². The summed E-state index contributed by atoms with van der Waals surface area (Å²) >= 11 is 0. The Bertz CT molecular complexity index is 1140. The highest BCUT2D eigenvalue weighted by Gasteiger charge is 2.48. The van der Waals surface area contributed by atoms with E-state index in [0.29, 0.717) is 78.9 Å². The summed E-state index contributed by atoms with van der Waals surface area (Å²) in [4.78, 5) is 27.1. The molecule has 0 saturated carbocycles. The maximum atomic E-state index is 13.6. The van der Waals surface area contributed by atoms with Gasteiger partial charge in [-0.2, -0.15) is 0 Å². The first kappa shape index (κ1) is 75.5. The minimum atomic E-state index is -1.28. The molecule has 0 atom stereocenters. The molecule has 77 heavy (non-hydrogen) atoms. The Morgan fingerprint density at radius 3 is 0.675 bits per heavy atom. The Morgan fingerprint density at radius 1 is 0.260 bits per heavy atom. The summed E-state index contributed by atoms with van der Waals surface area (Å²) in [5.41, 5.74) is 0. The van der Waals surface area contributed by atoms with Gasteiger partial charge < -0.3 is 56.8 Å². The lowest BCUT2D eigenvalue weighted by atomic mass is 10.0. The first-order valence-corrected chi connectivity index (χ1v) is 32.1. The summed E-state index contributed by atoms with van der Waals surface area (Å²) in [5, 5.41) is 0. The molecule has 0 aliphatic rings. The molecule has 0 bridgehead atoms. The molecule has 0 aromatic rings. The fraction of sp³-hybridized carbons (Fsp3) is 0.968. The van der Waals surface area contributed by atoms with Crippen LogP contribution in [0.25, 0.3) is 0 Å². The lowest BCUT2D eigenvalue weighted by molar-refractivity contribution is -0.337. The molecular weight excluding hydrogens is 981 g/mol. The Kier molecular flexibility index (Phi) is 51.6. The summed E-state index contributed by atoms with van der Waals surface area (Å²) in [6.45, 7) is 26.5. The largest absolute Gasteiger partial charge is 0.460 e. The number of unbranched alkanes of at least 4 members (excludes halogenated alkanes) is 20. The van der Waals surface area contributed by atoms with Crippen LogP contribution >= 0.6 is 0 Å². The van der Waals surface area contributed by atoms with E-state index in [1.54, 1.807) is 0 Å². The molecule has 0 spiro atoms. The van der Waals surface area contributed by atoms with Gasteiger partial charge in [0.2, 0.25) is 11.6 Å². The fourth-order valence-electron chi connectivity index (χ4n) is 8.92. The van der Waals surface area contributed by atoms with E-state index in [-0.39, 0.29) is 64.0 Å². The van der Waals surface area contributed by atoms with Crippen LogP contribution in [0.15, 0.2) is 0 Å².